The number of carbonyl (C=O) groups is 2. The van der Waals surface area contributed by atoms with Gasteiger partial charge in [0.1, 0.15) is 12.6 Å². The van der Waals surface area contributed by atoms with Crippen LogP contribution in [0.25, 0.3) is 0 Å². The minimum Gasteiger partial charge on any atom is -0.352 e. The van der Waals surface area contributed by atoms with Crippen molar-refractivity contribution in [2.24, 2.45) is 0 Å². The predicted octanol–water partition coefficient (Wildman–Crippen LogP) is 7.96. The summed E-state index contributed by atoms with van der Waals surface area (Å²) in [6.45, 7) is 1.31. The van der Waals surface area contributed by atoms with Gasteiger partial charge in [-0.05, 0) is 67.3 Å². The number of rotatable bonds is 12. The van der Waals surface area contributed by atoms with Crippen LogP contribution in [-0.2, 0) is 32.6 Å². The minimum absolute atomic E-state index is 0.00285. The van der Waals surface area contributed by atoms with Crippen LogP contribution in [0.1, 0.15) is 42.4 Å². The topological polar surface area (TPSA) is 86.8 Å². The Kier molecular flexibility index (Phi) is 11.7. The van der Waals surface area contributed by atoms with Crippen LogP contribution in [0.2, 0.25) is 10.0 Å². The van der Waals surface area contributed by atoms with Crippen molar-refractivity contribution in [3.63, 3.8) is 0 Å². The van der Waals surface area contributed by atoms with E-state index < -0.39 is 28.5 Å². The Morgan fingerprint density at radius 2 is 1.53 bits per heavy atom. The second-order valence-electron chi connectivity index (χ2n) is 11.7. The molecule has 1 saturated carbocycles. The third kappa shape index (κ3) is 8.76. The molecule has 0 aromatic heterocycles. The Bertz CT molecular complexity index is 1800. The highest BCUT2D eigenvalue weighted by Gasteiger charge is 2.36. The summed E-state index contributed by atoms with van der Waals surface area (Å²) in [5.41, 5.74) is 2.59. The van der Waals surface area contributed by atoms with Crippen molar-refractivity contribution in [1.82, 2.24) is 10.2 Å². The molecule has 0 heterocycles. The van der Waals surface area contributed by atoms with Crippen LogP contribution >= 0.6 is 39.1 Å². The highest BCUT2D eigenvalue weighted by atomic mass is 79.9. The summed E-state index contributed by atoms with van der Waals surface area (Å²) < 4.78 is 30.4. The maximum Gasteiger partial charge on any atom is 0.264 e. The lowest BCUT2D eigenvalue weighted by Crippen LogP contribution is -2.54. The molecule has 0 radical (unpaired) electrons. The first-order valence-corrected chi connectivity index (χ1v) is 18.4. The molecular weight excluding hydrogens is 721 g/mol. The smallest absolute Gasteiger partial charge is 0.264 e. The number of nitrogens with one attached hydrogen (secondary N) is 1. The molecule has 1 N–H and O–H groups in total. The lowest BCUT2D eigenvalue weighted by atomic mass is 10.0. The third-order valence-electron chi connectivity index (χ3n) is 8.33. The number of benzene rings is 4. The van der Waals surface area contributed by atoms with E-state index in [0.717, 1.165) is 51.2 Å². The van der Waals surface area contributed by atoms with Crippen molar-refractivity contribution in [2.45, 2.75) is 62.6 Å². The zero-order valence-electron chi connectivity index (χ0n) is 25.9. The van der Waals surface area contributed by atoms with Crippen LogP contribution < -0.4 is 9.62 Å². The number of carbonyl (C=O) groups excluding carboxylic acids is 2. The van der Waals surface area contributed by atoms with E-state index in [-0.39, 0.29) is 45.5 Å². The Balaban J connectivity index is 1.58. The van der Waals surface area contributed by atoms with Crippen molar-refractivity contribution >= 4 is 66.7 Å². The van der Waals surface area contributed by atoms with Crippen LogP contribution in [0, 0.1) is 6.92 Å². The molecule has 2 amide bonds. The maximum absolute atomic E-state index is 14.7. The van der Waals surface area contributed by atoms with Crippen LogP contribution in [-0.4, -0.2) is 43.8 Å². The van der Waals surface area contributed by atoms with Gasteiger partial charge in [0.2, 0.25) is 11.8 Å². The predicted molar refractivity (Wildman–Crippen MR) is 191 cm³/mol. The Labute approximate surface area is 295 Å². The zero-order chi connectivity index (χ0) is 33.6. The molecule has 246 valence electrons. The standard InChI is InChI=1S/C36H36BrCl2N3O4S/c1-25-14-20-30(21-15-25)47(45,46)42(32-13-7-12-31(38)35(32)39)24-34(43)41(23-27-16-18-28(37)19-17-27)33(22-26-8-3-2-4-9-26)36(44)40-29-10-5-6-11-29/h2-4,7-9,12-21,29,33H,5-6,10-11,22-24H2,1H3,(H,40,44)/t33-/m0/s1. The largest absolute Gasteiger partial charge is 0.352 e. The van der Waals surface area contributed by atoms with E-state index in [1.807, 2.05) is 61.5 Å². The molecule has 1 aliphatic carbocycles. The zero-order valence-corrected chi connectivity index (χ0v) is 29.8. The number of hydrogen-bond acceptors (Lipinski definition) is 4. The summed E-state index contributed by atoms with van der Waals surface area (Å²) in [5.74, 6) is -0.845. The van der Waals surface area contributed by atoms with Crippen molar-refractivity contribution in [2.75, 3.05) is 10.8 Å². The molecule has 4 aromatic carbocycles. The number of halogens is 3. The lowest BCUT2D eigenvalue weighted by Gasteiger charge is -2.34. The first kappa shape index (κ1) is 35.0. The molecule has 5 rings (SSSR count). The molecule has 0 unspecified atom stereocenters. The van der Waals surface area contributed by atoms with Gasteiger partial charge < -0.3 is 10.2 Å². The number of amides is 2. The molecule has 0 bridgehead atoms. The Morgan fingerprint density at radius 3 is 2.19 bits per heavy atom. The van der Waals surface area contributed by atoms with Gasteiger partial charge in [0, 0.05) is 23.5 Å². The second kappa shape index (κ2) is 15.7. The van der Waals surface area contributed by atoms with Gasteiger partial charge in [-0.1, -0.05) is 118 Å². The molecular formula is C36H36BrCl2N3O4S. The lowest BCUT2D eigenvalue weighted by molar-refractivity contribution is -0.140. The number of sulfonamides is 1. The molecule has 0 saturated heterocycles. The van der Waals surface area contributed by atoms with Gasteiger partial charge >= 0.3 is 0 Å². The van der Waals surface area contributed by atoms with Crippen LogP contribution in [0.15, 0.2) is 106 Å². The maximum atomic E-state index is 14.7. The number of anilines is 1. The van der Waals surface area contributed by atoms with E-state index in [2.05, 4.69) is 21.2 Å². The quantitative estimate of drug-likeness (QED) is 0.159. The van der Waals surface area contributed by atoms with E-state index in [4.69, 9.17) is 23.2 Å². The van der Waals surface area contributed by atoms with Gasteiger partial charge in [0.15, 0.2) is 0 Å². The van der Waals surface area contributed by atoms with Gasteiger partial charge in [-0.3, -0.25) is 13.9 Å². The monoisotopic (exact) mass is 755 g/mol. The first-order chi connectivity index (χ1) is 22.5. The Hall–Kier alpha value is -3.37. The molecule has 1 fully saturated rings. The van der Waals surface area contributed by atoms with E-state index in [1.165, 1.54) is 23.1 Å². The van der Waals surface area contributed by atoms with Crippen molar-refractivity contribution in [1.29, 1.82) is 0 Å². The number of nitrogens with zero attached hydrogens (tertiary/aromatic N) is 2. The summed E-state index contributed by atoms with van der Waals surface area (Å²) in [6, 6.07) is 27.1. The van der Waals surface area contributed by atoms with Crippen LogP contribution in [0.3, 0.4) is 0 Å². The SMILES string of the molecule is Cc1ccc(S(=O)(=O)N(CC(=O)N(Cc2ccc(Br)cc2)[C@@H](Cc2ccccc2)C(=O)NC2CCCC2)c2cccc(Cl)c2Cl)cc1. The summed E-state index contributed by atoms with van der Waals surface area (Å²) in [5, 5.41) is 3.32. The normalized spacial score (nSPS) is 14.0. The highest BCUT2D eigenvalue weighted by Crippen LogP contribution is 2.36. The van der Waals surface area contributed by atoms with E-state index in [0.29, 0.717) is 0 Å². The van der Waals surface area contributed by atoms with E-state index >= 15 is 0 Å². The molecule has 0 aliphatic heterocycles. The van der Waals surface area contributed by atoms with E-state index in [1.54, 1.807) is 24.3 Å². The second-order valence-corrected chi connectivity index (χ2v) is 15.3. The number of hydrogen-bond donors (Lipinski definition) is 1. The van der Waals surface area contributed by atoms with E-state index in [9.17, 15) is 18.0 Å². The van der Waals surface area contributed by atoms with Crippen LogP contribution in [0.5, 0.6) is 0 Å². The minimum atomic E-state index is -4.30. The summed E-state index contributed by atoms with van der Waals surface area (Å²) in [4.78, 5) is 30.2. The van der Waals surface area contributed by atoms with Crippen molar-refractivity contribution in [3.8, 4) is 0 Å². The van der Waals surface area contributed by atoms with Gasteiger partial charge in [0.05, 0.1) is 20.6 Å². The Morgan fingerprint density at radius 1 is 0.872 bits per heavy atom. The molecule has 1 aliphatic rings. The molecule has 1 atom stereocenters. The molecule has 47 heavy (non-hydrogen) atoms. The summed E-state index contributed by atoms with van der Waals surface area (Å²) in [7, 11) is -4.30. The van der Waals surface area contributed by atoms with Gasteiger partial charge in [-0.25, -0.2) is 8.42 Å². The molecule has 7 nitrogen and oxygen atoms in total. The average Bonchev–Trinajstić information content (AvgIpc) is 3.57. The third-order valence-corrected chi connectivity index (χ3v) is 11.4. The molecule has 11 heteroatoms. The highest BCUT2D eigenvalue weighted by molar-refractivity contribution is 9.10. The molecule has 4 aromatic rings. The number of aryl methyl sites for hydroxylation is 1. The molecule has 0 spiro atoms. The van der Waals surface area contributed by atoms with Crippen LogP contribution in [0.4, 0.5) is 5.69 Å². The van der Waals surface area contributed by atoms with Gasteiger partial charge in [-0.15, -0.1) is 0 Å². The fourth-order valence-corrected chi connectivity index (χ4v) is 7.88. The fourth-order valence-electron chi connectivity index (χ4n) is 5.74. The first-order valence-electron chi connectivity index (χ1n) is 15.4. The van der Waals surface area contributed by atoms with Gasteiger partial charge in [-0.2, -0.15) is 0 Å². The average molecular weight is 758 g/mol. The summed E-state index contributed by atoms with van der Waals surface area (Å²) >= 11 is 16.4. The van der Waals surface area contributed by atoms with Gasteiger partial charge in [0.25, 0.3) is 10.0 Å². The fraction of sp³-hybridized carbons (Fsp3) is 0.278. The van der Waals surface area contributed by atoms with Crippen molar-refractivity contribution in [3.05, 3.63) is 128 Å². The summed E-state index contributed by atoms with van der Waals surface area (Å²) in [6.07, 6.45) is 4.05. The van der Waals surface area contributed by atoms with Crippen molar-refractivity contribution < 1.29 is 18.0 Å².